The zero-order valence-electron chi connectivity index (χ0n) is 11.2. The second-order valence-electron chi connectivity index (χ2n) is 4.94. The van der Waals surface area contributed by atoms with Crippen molar-refractivity contribution >= 4 is 21.8 Å². The van der Waals surface area contributed by atoms with E-state index in [1.54, 1.807) is 0 Å². The van der Waals surface area contributed by atoms with Gasteiger partial charge in [-0.3, -0.25) is 4.79 Å². The first-order chi connectivity index (χ1) is 9.19. The Kier molecular flexibility index (Phi) is 5.25. The van der Waals surface area contributed by atoms with Crippen molar-refractivity contribution in [2.45, 2.75) is 45.1 Å². The van der Waals surface area contributed by atoms with E-state index in [0.29, 0.717) is 6.04 Å². The van der Waals surface area contributed by atoms with Crippen LogP contribution in [0.1, 0.15) is 38.2 Å². The molecule has 0 spiro atoms. The predicted octanol–water partition coefficient (Wildman–Crippen LogP) is 3.45. The molecule has 4 heteroatoms. The number of halogens is 1. The van der Waals surface area contributed by atoms with E-state index in [-0.39, 0.29) is 12.5 Å². The summed E-state index contributed by atoms with van der Waals surface area (Å²) in [5.74, 6) is 0.782. The van der Waals surface area contributed by atoms with Crippen LogP contribution in [0, 0.1) is 0 Å². The Labute approximate surface area is 122 Å². The summed E-state index contributed by atoms with van der Waals surface area (Å²) in [6, 6.07) is 6.23. The van der Waals surface area contributed by atoms with Gasteiger partial charge in [-0.05, 0) is 43.0 Å². The number of aryl methyl sites for hydroxylation is 1. The fraction of sp³-hybridized carbons (Fsp3) is 0.533. The molecular formula is C15H20BrNO2. The van der Waals surface area contributed by atoms with Gasteiger partial charge in [-0.2, -0.15) is 0 Å². The molecule has 1 saturated carbocycles. The highest BCUT2D eigenvalue weighted by Gasteiger charge is 2.17. The Morgan fingerprint density at radius 2 is 2.16 bits per heavy atom. The third-order valence-electron chi connectivity index (χ3n) is 3.48. The van der Waals surface area contributed by atoms with E-state index in [4.69, 9.17) is 4.74 Å². The molecule has 0 bridgehead atoms. The number of carbonyl (C=O) groups excluding carboxylic acids is 1. The molecule has 0 aliphatic heterocycles. The molecule has 1 aromatic rings. The topological polar surface area (TPSA) is 38.3 Å². The molecule has 104 valence electrons. The van der Waals surface area contributed by atoms with Gasteiger partial charge in [-0.25, -0.2) is 0 Å². The smallest absolute Gasteiger partial charge is 0.258 e. The van der Waals surface area contributed by atoms with Crippen molar-refractivity contribution in [1.29, 1.82) is 0 Å². The molecule has 1 amide bonds. The van der Waals surface area contributed by atoms with E-state index in [1.807, 2.05) is 18.2 Å². The van der Waals surface area contributed by atoms with Gasteiger partial charge in [0.1, 0.15) is 5.75 Å². The van der Waals surface area contributed by atoms with Gasteiger partial charge < -0.3 is 10.1 Å². The summed E-state index contributed by atoms with van der Waals surface area (Å²) in [5.41, 5.74) is 1.11. The lowest BCUT2D eigenvalue weighted by Crippen LogP contribution is -2.36. The molecule has 0 heterocycles. The van der Waals surface area contributed by atoms with Crippen LogP contribution in [0.15, 0.2) is 22.7 Å². The first-order valence-electron chi connectivity index (χ1n) is 6.89. The van der Waals surface area contributed by atoms with E-state index >= 15 is 0 Å². The number of benzene rings is 1. The summed E-state index contributed by atoms with van der Waals surface area (Å²) < 4.78 is 6.66. The van der Waals surface area contributed by atoms with Crippen LogP contribution in [0.2, 0.25) is 0 Å². The summed E-state index contributed by atoms with van der Waals surface area (Å²) in [6.07, 6.45) is 5.53. The molecule has 19 heavy (non-hydrogen) atoms. The van der Waals surface area contributed by atoms with Gasteiger partial charge in [-0.15, -0.1) is 0 Å². The lowest BCUT2D eigenvalue weighted by atomic mass is 10.1. The van der Waals surface area contributed by atoms with Crippen LogP contribution in [0.4, 0.5) is 0 Å². The summed E-state index contributed by atoms with van der Waals surface area (Å²) in [4.78, 5) is 11.8. The molecule has 1 fully saturated rings. The van der Waals surface area contributed by atoms with Crippen molar-refractivity contribution < 1.29 is 9.53 Å². The Morgan fingerprint density at radius 3 is 2.84 bits per heavy atom. The summed E-state index contributed by atoms with van der Waals surface area (Å²) in [5, 5.41) is 3.02. The van der Waals surface area contributed by atoms with Gasteiger partial charge >= 0.3 is 0 Å². The minimum Gasteiger partial charge on any atom is -0.483 e. The number of nitrogens with one attached hydrogen (secondary N) is 1. The fourth-order valence-corrected chi connectivity index (χ4v) is 2.86. The normalized spacial score (nSPS) is 15.5. The molecular weight excluding hydrogens is 306 g/mol. The first kappa shape index (κ1) is 14.4. The van der Waals surface area contributed by atoms with Crippen molar-refractivity contribution in [2.75, 3.05) is 6.61 Å². The third-order valence-corrected chi connectivity index (χ3v) is 3.98. The largest absolute Gasteiger partial charge is 0.483 e. The molecule has 0 radical (unpaired) electrons. The van der Waals surface area contributed by atoms with Crippen molar-refractivity contribution in [3.05, 3.63) is 28.2 Å². The van der Waals surface area contributed by atoms with Crippen LogP contribution in [0.3, 0.4) is 0 Å². The average Bonchev–Trinajstić information content (AvgIpc) is 2.90. The highest BCUT2D eigenvalue weighted by atomic mass is 79.9. The number of hydrogen-bond donors (Lipinski definition) is 1. The van der Waals surface area contributed by atoms with Gasteiger partial charge in [0.2, 0.25) is 0 Å². The van der Waals surface area contributed by atoms with Crippen molar-refractivity contribution in [3.8, 4) is 5.75 Å². The number of hydrogen-bond acceptors (Lipinski definition) is 2. The standard InChI is InChI=1S/C15H20BrNO2/c1-2-11-9-12(16)7-8-14(11)19-10-15(18)17-13-5-3-4-6-13/h7-9,13H,2-6,10H2,1H3,(H,17,18). The maximum Gasteiger partial charge on any atom is 0.258 e. The Hall–Kier alpha value is -1.03. The van der Waals surface area contributed by atoms with Gasteiger partial charge in [0.05, 0.1) is 0 Å². The summed E-state index contributed by atoms with van der Waals surface area (Å²) >= 11 is 3.44. The average molecular weight is 326 g/mol. The first-order valence-corrected chi connectivity index (χ1v) is 7.69. The lowest BCUT2D eigenvalue weighted by molar-refractivity contribution is -0.123. The second-order valence-corrected chi connectivity index (χ2v) is 5.86. The molecule has 3 nitrogen and oxygen atoms in total. The second kappa shape index (κ2) is 6.94. The van der Waals surface area contributed by atoms with Crippen LogP contribution in [0.25, 0.3) is 0 Å². The molecule has 0 unspecified atom stereocenters. The van der Waals surface area contributed by atoms with Crippen LogP contribution in [-0.2, 0) is 11.2 Å². The molecule has 1 aromatic carbocycles. The van der Waals surface area contributed by atoms with Gasteiger partial charge in [0.15, 0.2) is 6.61 Å². The molecule has 2 rings (SSSR count). The van der Waals surface area contributed by atoms with Crippen molar-refractivity contribution in [3.63, 3.8) is 0 Å². The van der Waals surface area contributed by atoms with Crippen LogP contribution in [0.5, 0.6) is 5.75 Å². The number of ether oxygens (including phenoxy) is 1. The van der Waals surface area contributed by atoms with Crippen molar-refractivity contribution in [1.82, 2.24) is 5.32 Å². The number of rotatable bonds is 5. The highest BCUT2D eigenvalue weighted by molar-refractivity contribution is 9.10. The fourth-order valence-electron chi connectivity index (χ4n) is 2.45. The molecule has 0 aromatic heterocycles. The predicted molar refractivity (Wildman–Crippen MR) is 79.4 cm³/mol. The lowest BCUT2D eigenvalue weighted by Gasteiger charge is -2.14. The molecule has 1 N–H and O–H groups in total. The summed E-state index contributed by atoms with van der Waals surface area (Å²) in [7, 11) is 0. The van der Waals surface area contributed by atoms with Crippen LogP contribution >= 0.6 is 15.9 Å². The molecule has 1 aliphatic rings. The van der Waals surface area contributed by atoms with Crippen molar-refractivity contribution in [2.24, 2.45) is 0 Å². The van der Waals surface area contributed by atoms with Gasteiger partial charge in [0, 0.05) is 10.5 Å². The van der Waals surface area contributed by atoms with Crippen LogP contribution < -0.4 is 10.1 Å². The Balaban J connectivity index is 1.85. The third kappa shape index (κ3) is 4.23. The number of carbonyl (C=O) groups is 1. The maximum absolute atomic E-state index is 11.8. The zero-order valence-corrected chi connectivity index (χ0v) is 12.8. The van der Waals surface area contributed by atoms with E-state index < -0.39 is 0 Å². The molecule has 1 aliphatic carbocycles. The highest BCUT2D eigenvalue weighted by Crippen LogP contribution is 2.23. The minimum atomic E-state index is -0.0168. The van der Waals surface area contributed by atoms with E-state index in [0.717, 1.165) is 35.0 Å². The quantitative estimate of drug-likeness (QED) is 0.900. The monoisotopic (exact) mass is 325 g/mol. The van der Waals surface area contributed by atoms with Gasteiger partial charge in [0.25, 0.3) is 5.91 Å². The SMILES string of the molecule is CCc1cc(Br)ccc1OCC(=O)NC1CCCC1. The molecule has 0 atom stereocenters. The van der Waals surface area contributed by atoms with E-state index in [9.17, 15) is 4.79 Å². The summed E-state index contributed by atoms with van der Waals surface area (Å²) in [6.45, 7) is 2.18. The minimum absolute atomic E-state index is 0.0168. The Morgan fingerprint density at radius 1 is 1.42 bits per heavy atom. The van der Waals surface area contributed by atoms with E-state index in [2.05, 4.69) is 28.2 Å². The van der Waals surface area contributed by atoms with Crippen LogP contribution in [-0.4, -0.2) is 18.6 Å². The molecule has 0 saturated heterocycles. The zero-order chi connectivity index (χ0) is 13.7. The Bertz CT molecular complexity index is 442. The number of amides is 1. The van der Waals surface area contributed by atoms with Gasteiger partial charge in [-0.1, -0.05) is 35.7 Å². The maximum atomic E-state index is 11.8. The van der Waals surface area contributed by atoms with E-state index in [1.165, 1.54) is 12.8 Å².